The summed E-state index contributed by atoms with van der Waals surface area (Å²) in [5.41, 5.74) is 1.36. The second-order valence-corrected chi connectivity index (χ2v) is 4.90. The molecule has 0 aliphatic rings. The Morgan fingerprint density at radius 3 is 2.10 bits per heavy atom. The summed E-state index contributed by atoms with van der Waals surface area (Å²) in [5, 5.41) is 3.05. The topological polar surface area (TPSA) is 12.0 Å². The zero-order valence-electron chi connectivity index (χ0n) is 11.5. The van der Waals surface area contributed by atoms with Crippen LogP contribution >= 0.6 is 0 Å². The van der Waals surface area contributed by atoms with Crippen molar-refractivity contribution in [1.29, 1.82) is 0 Å². The molecule has 21 heavy (non-hydrogen) atoms. The molecule has 0 heterocycles. The summed E-state index contributed by atoms with van der Waals surface area (Å²) in [4.78, 5) is 0. The van der Waals surface area contributed by atoms with E-state index < -0.39 is 17.6 Å². The summed E-state index contributed by atoms with van der Waals surface area (Å²) < 4.78 is 50.9. The Hall–Kier alpha value is -1.88. The average molecular weight is 297 g/mol. The van der Waals surface area contributed by atoms with E-state index in [1.54, 1.807) is 0 Å². The predicted molar refractivity (Wildman–Crippen MR) is 73.1 cm³/mol. The summed E-state index contributed by atoms with van der Waals surface area (Å²) in [6.07, 6.45) is -4.67. The second-order valence-electron chi connectivity index (χ2n) is 4.90. The first kappa shape index (κ1) is 15.5. The smallest absolute Gasteiger partial charge is 0.309 e. The molecule has 0 saturated carbocycles. The van der Waals surface area contributed by atoms with Crippen LogP contribution in [0, 0.1) is 12.7 Å². The van der Waals surface area contributed by atoms with E-state index in [0.717, 1.165) is 23.3 Å². The van der Waals surface area contributed by atoms with Crippen molar-refractivity contribution in [2.24, 2.45) is 0 Å². The van der Waals surface area contributed by atoms with Crippen LogP contribution in [-0.2, 0) is 19.3 Å². The lowest BCUT2D eigenvalue weighted by molar-refractivity contribution is -0.140. The van der Waals surface area contributed by atoms with Crippen LogP contribution in [0.2, 0.25) is 0 Å². The third-order valence-electron chi connectivity index (χ3n) is 3.12. The number of alkyl halides is 3. The largest absolute Gasteiger partial charge is 0.419 e. The molecule has 0 aliphatic heterocycles. The molecule has 5 heteroatoms. The fourth-order valence-electron chi connectivity index (χ4n) is 1.96. The molecule has 0 amide bonds. The zero-order chi connectivity index (χ0) is 15.5. The molecule has 0 aliphatic carbocycles. The Kier molecular flexibility index (Phi) is 4.63. The highest BCUT2D eigenvalue weighted by molar-refractivity contribution is 5.27. The summed E-state index contributed by atoms with van der Waals surface area (Å²) >= 11 is 0. The molecule has 0 saturated heterocycles. The van der Waals surface area contributed by atoms with E-state index in [2.05, 4.69) is 5.32 Å². The number of rotatable bonds is 4. The van der Waals surface area contributed by atoms with Gasteiger partial charge in [0.15, 0.2) is 0 Å². The Labute approximate surface area is 120 Å². The number of nitrogens with one attached hydrogen (secondary N) is 1. The van der Waals surface area contributed by atoms with Gasteiger partial charge in [-0.15, -0.1) is 0 Å². The van der Waals surface area contributed by atoms with Gasteiger partial charge in [-0.1, -0.05) is 35.9 Å². The van der Waals surface area contributed by atoms with Gasteiger partial charge in [0, 0.05) is 13.1 Å². The molecule has 0 atom stereocenters. The minimum Gasteiger partial charge on any atom is -0.309 e. The SMILES string of the molecule is Cc1ccc(CNCc2ccc(F)c(C(F)(F)F)c2)cc1. The highest BCUT2D eigenvalue weighted by Gasteiger charge is 2.34. The molecule has 2 aromatic carbocycles. The first-order valence-electron chi connectivity index (χ1n) is 6.48. The van der Waals surface area contributed by atoms with Gasteiger partial charge in [0.1, 0.15) is 5.82 Å². The minimum absolute atomic E-state index is 0.247. The summed E-state index contributed by atoms with van der Waals surface area (Å²) in [6.45, 7) is 2.77. The van der Waals surface area contributed by atoms with E-state index in [4.69, 9.17) is 0 Å². The lowest BCUT2D eigenvalue weighted by Gasteiger charge is -2.11. The summed E-state index contributed by atoms with van der Waals surface area (Å²) in [6, 6.07) is 10.9. The van der Waals surface area contributed by atoms with E-state index in [9.17, 15) is 17.6 Å². The minimum atomic E-state index is -4.67. The molecule has 0 fully saturated rings. The summed E-state index contributed by atoms with van der Waals surface area (Å²) in [7, 11) is 0. The quantitative estimate of drug-likeness (QED) is 0.823. The second kappa shape index (κ2) is 6.26. The molecule has 0 radical (unpaired) electrons. The van der Waals surface area contributed by atoms with Gasteiger partial charge in [-0.2, -0.15) is 13.2 Å². The standard InChI is InChI=1S/C16H15F4N/c1-11-2-4-12(5-3-11)9-21-10-13-6-7-15(17)14(8-13)16(18,19)20/h2-8,21H,9-10H2,1H3. The van der Waals surface area contributed by atoms with Crippen molar-refractivity contribution in [2.75, 3.05) is 0 Å². The Morgan fingerprint density at radius 2 is 1.48 bits per heavy atom. The lowest BCUT2D eigenvalue weighted by Crippen LogP contribution is -2.14. The molecule has 2 rings (SSSR count). The number of benzene rings is 2. The van der Waals surface area contributed by atoms with Gasteiger partial charge in [-0.05, 0) is 30.2 Å². The first-order valence-corrected chi connectivity index (χ1v) is 6.48. The number of aryl methyl sites for hydroxylation is 1. The highest BCUT2D eigenvalue weighted by atomic mass is 19.4. The van der Waals surface area contributed by atoms with Crippen molar-refractivity contribution < 1.29 is 17.6 Å². The van der Waals surface area contributed by atoms with E-state index in [-0.39, 0.29) is 6.54 Å². The van der Waals surface area contributed by atoms with E-state index in [0.29, 0.717) is 12.1 Å². The van der Waals surface area contributed by atoms with Crippen LogP contribution in [0.15, 0.2) is 42.5 Å². The van der Waals surface area contributed by atoms with E-state index in [1.165, 1.54) is 6.07 Å². The maximum atomic E-state index is 13.2. The molecule has 0 unspecified atom stereocenters. The first-order chi connectivity index (χ1) is 9.86. The van der Waals surface area contributed by atoms with Crippen molar-refractivity contribution in [1.82, 2.24) is 5.32 Å². The fourth-order valence-corrected chi connectivity index (χ4v) is 1.96. The van der Waals surface area contributed by atoms with Gasteiger partial charge >= 0.3 is 6.18 Å². The van der Waals surface area contributed by atoms with Crippen LogP contribution in [0.3, 0.4) is 0 Å². The highest BCUT2D eigenvalue weighted by Crippen LogP contribution is 2.31. The Bertz CT molecular complexity index is 603. The van der Waals surface area contributed by atoms with Crippen LogP contribution in [0.4, 0.5) is 17.6 Å². The Balaban J connectivity index is 1.99. The maximum absolute atomic E-state index is 13.2. The predicted octanol–water partition coefficient (Wildman–Crippen LogP) is 4.44. The van der Waals surface area contributed by atoms with Crippen molar-refractivity contribution in [3.8, 4) is 0 Å². The van der Waals surface area contributed by atoms with Gasteiger partial charge in [-0.3, -0.25) is 0 Å². The van der Waals surface area contributed by atoms with E-state index >= 15 is 0 Å². The molecular weight excluding hydrogens is 282 g/mol. The van der Waals surface area contributed by atoms with Crippen molar-refractivity contribution in [2.45, 2.75) is 26.2 Å². The normalized spacial score (nSPS) is 11.7. The molecule has 0 aromatic heterocycles. The molecule has 112 valence electrons. The van der Waals surface area contributed by atoms with Gasteiger partial charge in [-0.25, -0.2) is 4.39 Å². The fraction of sp³-hybridized carbons (Fsp3) is 0.250. The van der Waals surface area contributed by atoms with Crippen LogP contribution in [0.25, 0.3) is 0 Å². The zero-order valence-corrected chi connectivity index (χ0v) is 11.5. The molecule has 0 spiro atoms. The monoisotopic (exact) mass is 297 g/mol. The van der Waals surface area contributed by atoms with Gasteiger partial charge in [0.2, 0.25) is 0 Å². The van der Waals surface area contributed by atoms with Crippen molar-refractivity contribution >= 4 is 0 Å². The van der Waals surface area contributed by atoms with Crippen LogP contribution in [0.1, 0.15) is 22.3 Å². The third-order valence-corrected chi connectivity index (χ3v) is 3.12. The van der Waals surface area contributed by atoms with E-state index in [1.807, 2.05) is 31.2 Å². The van der Waals surface area contributed by atoms with Crippen LogP contribution in [-0.4, -0.2) is 0 Å². The van der Waals surface area contributed by atoms with Crippen LogP contribution in [0.5, 0.6) is 0 Å². The summed E-state index contributed by atoms with van der Waals surface area (Å²) in [5.74, 6) is -1.25. The molecule has 1 nitrogen and oxygen atoms in total. The average Bonchev–Trinajstić information content (AvgIpc) is 2.41. The molecule has 0 bridgehead atoms. The molecule has 1 N–H and O–H groups in total. The molecule has 2 aromatic rings. The Morgan fingerprint density at radius 1 is 0.905 bits per heavy atom. The van der Waals surface area contributed by atoms with Gasteiger partial charge in [0.25, 0.3) is 0 Å². The van der Waals surface area contributed by atoms with Gasteiger partial charge < -0.3 is 5.32 Å². The number of halogens is 4. The third kappa shape index (κ3) is 4.29. The van der Waals surface area contributed by atoms with Crippen molar-refractivity contribution in [3.63, 3.8) is 0 Å². The lowest BCUT2D eigenvalue weighted by atomic mass is 10.1. The van der Waals surface area contributed by atoms with Gasteiger partial charge in [0.05, 0.1) is 5.56 Å². The molecular formula is C16H15F4N. The number of hydrogen-bond acceptors (Lipinski definition) is 1. The van der Waals surface area contributed by atoms with Crippen LogP contribution < -0.4 is 5.32 Å². The maximum Gasteiger partial charge on any atom is 0.419 e. The van der Waals surface area contributed by atoms with Crippen molar-refractivity contribution in [3.05, 3.63) is 70.5 Å². The number of hydrogen-bond donors (Lipinski definition) is 1.